The standard InChI is InChI=1S/C11H13F2NO/c12-7-3-1-4-8(13)9(7)10(14)11(15)5-2-6-11/h1,3-4,10,15H,2,5-6,14H2. The van der Waals surface area contributed by atoms with Crippen molar-refractivity contribution in [2.75, 3.05) is 0 Å². The second kappa shape index (κ2) is 3.54. The van der Waals surface area contributed by atoms with Gasteiger partial charge >= 0.3 is 0 Å². The first kappa shape index (κ1) is 10.5. The van der Waals surface area contributed by atoms with Crippen LogP contribution in [0, 0.1) is 11.6 Å². The Morgan fingerprint density at radius 2 is 1.80 bits per heavy atom. The summed E-state index contributed by atoms with van der Waals surface area (Å²) >= 11 is 0. The van der Waals surface area contributed by atoms with E-state index in [9.17, 15) is 13.9 Å². The molecule has 0 amide bonds. The fourth-order valence-electron chi connectivity index (χ4n) is 1.93. The molecule has 1 unspecified atom stereocenters. The van der Waals surface area contributed by atoms with Crippen molar-refractivity contribution < 1.29 is 13.9 Å². The summed E-state index contributed by atoms with van der Waals surface area (Å²) in [6.45, 7) is 0. The lowest BCUT2D eigenvalue weighted by atomic mass is 9.73. The second-order valence-electron chi connectivity index (χ2n) is 4.07. The first-order valence-electron chi connectivity index (χ1n) is 4.96. The molecule has 0 bridgehead atoms. The first-order valence-corrected chi connectivity index (χ1v) is 4.96. The molecule has 2 rings (SSSR count). The molecule has 2 nitrogen and oxygen atoms in total. The van der Waals surface area contributed by atoms with Crippen LogP contribution in [0.3, 0.4) is 0 Å². The van der Waals surface area contributed by atoms with Gasteiger partial charge in [0.1, 0.15) is 11.6 Å². The zero-order chi connectivity index (χ0) is 11.1. The number of benzene rings is 1. The maximum atomic E-state index is 13.4. The van der Waals surface area contributed by atoms with Crippen molar-refractivity contribution in [2.45, 2.75) is 30.9 Å². The van der Waals surface area contributed by atoms with Crippen molar-refractivity contribution in [3.63, 3.8) is 0 Å². The normalized spacial score (nSPS) is 20.8. The topological polar surface area (TPSA) is 46.2 Å². The Bertz CT molecular complexity index is 357. The summed E-state index contributed by atoms with van der Waals surface area (Å²) in [5.74, 6) is -1.38. The predicted molar refractivity (Wildman–Crippen MR) is 52.1 cm³/mol. The van der Waals surface area contributed by atoms with Crippen LogP contribution >= 0.6 is 0 Å². The molecule has 1 fully saturated rings. The molecule has 0 aromatic heterocycles. The molecule has 1 aliphatic rings. The molecule has 1 atom stereocenters. The van der Waals surface area contributed by atoms with Crippen LogP contribution in [0.5, 0.6) is 0 Å². The van der Waals surface area contributed by atoms with E-state index in [0.29, 0.717) is 12.8 Å². The molecule has 0 saturated heterocycles. The fourth-order valence-corrected chi connectivity index (χ4v) is 1.93. The van der Waals surface area contributed by atoms with Crippen molar-refractivity contribution in [3.8, 4) is 0 Å². The fraction of sp³-hybridized carbons (Fsp3) is 0.455. The van der Waals surface area contributed by atoms with Crippen LogP contribution in [0.2, 0.25) is 0 Å². The Morgan fingerprint density at radius 1 is 1.27 bits per heavy atom. The average molecular weight is 213 g/mol. The lowest BCUT2D eigenvalue weighted by Crippen LogP contribution is -2.47. The van der Waals surface area contributed by atoms with E-state index in [0.717, 1.165) is 18.6 Å². The van der Waals surface area contributed by atoms with Crippen LogP contribution < -0.4 is 5.73 Å². The summed E-state index contributed by atoms with van der Waals surface area (Å²) in [7, 11) is 0. The number of rotatable bonds is 2. The van der Waals surface area contributed by atoms with Gasteiger partial charge in [-0.3, -0.25) is 0 Å². The van der Waals surface area contributed by atoms with Crippen LogP contribution in [0.1, 0.15) is 30.9 Å². The van der Waals surface area contributed by atoms with Crippen LogP contribution in [0.15, 0.2) is 18.2 Å². The van der Waals surface area contributed by atoms with Crippen LogP contribution in [-0.4, -0.2) is 10.7 Å². The third-order valence-corrected chi connectivity index (χ3v) is 3.11. The average Bonchev–Trinajstić information content (AvgIpc) is 2.13. The second-order valence-corrected chi connectivity index (χ2v) is 4.07. The molecule has 1 aromatic carbocycles. The van der Waals surface area contributed by atoms with Crippen LogP contribution in [-0.2, 0) is 0 Å². The van der Waals surface area contributed by atoms with Gasteiger partial charge in [0.15, 0.2) is 0 Å². The molecule has 3 N–H and O–H groups in total. The minimum Gasteiger partial charge on any atom is -0.388 e. The van der Waals surface area contributed by atoms with Gasteiger partial charge in [-0.05, 0) is 31.4 Å². The molecular formula is C11H13F2NO. The highest BCUT2D eigenvalue weighted by atomic mass is 19.1. The Labute approximate surface area is 86.7 Å². The van der Waals surface area contributed by atoms with Gasteiger partial charge in [-0.1, -0.05) is 6.07 Å². The summed E-state index contributed by atoms with van der Waals surface area (Å²) in [5.41, 5.74) is 4.36. The van der Waals surface area contributed by atoms with Crippen LogP contribution in [0.25, 0.3) is 0 Å². The molecule has 4 heteroatoms. The van der Waals surface area contributed by atoms with Crippen molar-refractivity contribution >= 4 is 0 Å². The Kier molecular flexibility index (Phi) is 2.48. The largest absolute Gasteiger partial charge is 0.388 e. The maximum Gasteiger partial charge on any atom is 0.131 e. The van der Waals surface area contributed by atoms with Gasteiger partial charge in [0.05, 0.1) is 11.6 Å². The van der Waals surface area contributed by atoms with E-state index in [4.69, 9.17) is 5.73 Å². The Balaban J connectivity index is 2.36. The van der Waals surface area contributed by atoms with Gasteiger partial charge in [-0.2, -0.15) is 0 Å². The molecule has 15 heavy (non-hydrogen) atoms. The monoisotopic (exact) mass is 213 g/mol. The van der Waals surface area contributed by atoms with E-state index in [-0.39, 0.29) is 5.56 Å². The molecule has 0 radical (unpaired) electrons. The third kappa shape index (κ3) is 1.64. The Hall–Kier alpha value is -1.00. The number of hydrogen-bond donors (Lipinski definition) is 2. The summed E-state index contributed by atoms with van der Waals surface area (Å²) in [5, 5.41) is 9.92. The van der Waals surface area contributed by atoms with Gasteiger partial charge in [0.25, 0.3) is 0 Å². The van der Waals surface area contributed by atoms with Crippen molar-refractivity contribution in [1.82, 2.24) is 0 Å². The maximum absolute atomic E-state index is 13.4. The number of aliphatic hydroxyl groups is 1. The predicted octanol–water partition coefficient (Wildman–Crippen LogP) is 1.88. The quantitative estimate of drug-likeness (QED) is 0.787. The highest BCUT2D eigenvalue weighted by molar-refractivity contribution is 5.26. The Morgan fingerprint density at radius 3 is 2.20 bits per heavy atom. The van der Waals surface area contributed by atoms with Gasteiger partial charge < -0.3 is 10.8 Å². The summed E-state index contributed by atoms with van der Waals surface area (Å²) in [6, 6.07) is 2.61. The number of hydrogen-bond acceptors (Lipinski definition) is 2. The highest BCUT2D eigenvalue weighted by Gasteiger charge is 2.43. The van der Waals surface area contributed by atoms with Gasteiger partial charge in [0, 0.05) is 5.56 Å². The van der Waals surface area contributed by atoms with E-state index in [1.54, 1.807) is 0 Å². The minimum atomic E-state index is -1.14. The van der Waals surface area contributed by atoms with E-state index in [1.165, 1.54) is 6.07 Å². The lowest BCUT2D eigenvalue weighted by molar-refractivity contribution is -0.0575. The van der Waals surface area contributed by atoms with E-state index < -0.39 is 23.3 Å². The van der Waals surface area contributed by atoms with Crippen molar-refractivity contribution in [3.05, 3.63) is 35.4 Å². The van der Waals surface area contributed by atoms with Gasteiger partial charge in [0.2, 0.25) is 0 Å². The molecule has 82 valence electrons. The molecule has 0 aliphatic heterocycles. The van der Waals surface area contributed by atoms with Crippen LogP contribution in [0.4, 0.5) is 8.78 Å². The smallest absolute Gasteiger partial charge is 0.131 e. The highest BCUT2D eigenvalue weighted by Crippen LogP contribution is 2.41. The zero-order valence-corrected chi connectivity index (χ0v) is 8.21. The van der Waals surface area contributed by atoms with Crippen molar-refractivity contribution in [2.24, 2.45) is 5.73 Å². The van der Waals surface area contributed by atoms with Gasteiger partial charge in [-0.25, -0.2) is 8.78 Å². The third-order valence-electron chi connectivity index (χ3n) is 3.11. The summed E-state index contributed by atoms with van der Waals surface area (Å²) in [6.07, 6.45) is 1.85. The SMILES string of the molecule is NC(c1c(F)cccc1F)C1(O)CCC1. The number of halogens is 2. The van der Waals surface area contributed by atoms with E-state index in [2.05, 4.69) is 0 Å². The molecule has 0 spiro atoms. The molecule has 1 saturated carbocycles. The minimum absolute atomic E-state index is 0.209. The lowest BCUT2D eigenvalue weighted by Gasteiger charge is -2.41. The van der Waals surface area contributed by atoms with Gasteiger partial charge in [-0.15, -0.1) is 0 Å². The molecule has 1 aliphatic carbocycles. The zero-order valence-electron chi connectivity index (χ0n) is 8.21. The molecular weight excluding hydrogens is 200 g/mol. The van der Waals surface area contributed by atoms with Crippen molar-refractivity contribution in [1.29, 1.82) is 0 Å². The molecule has 0 heterocycles. The summed E-state index contributed by atoms with van der Waals surface area (Å²) < 4.78 is 26.7. The summed E-state index contributed by atoms with van der Waals surface area (Å²) in [4.78, 5) is 0. The molecule has 1 aromatic rings. The van der Waals surface area contributed by atoms with E-state index in [1.807, 2.05) is 0 Å². The number of nitrogens with two attached hydrogens (primary N) is 1. The first-order chi connectivity index (χ1) is 7.04. The van der Waals surface area contributed by atoms with E-state index >= 15 is 0 Å².